The zero-order chi connectivity index (χ0) is 10.5. The van der Waals surface area contributed by atoms with E-state index in [-0.39, 0.29) is 6.61 Å². The standard InChI is InChI=1S/C10H17N3O2/c14-6-3-10-12-9(13-15-10)7-8-1-4-11-5-2-8/h8,11,14H,1-7H2. The van der Waals surface area contributed by atoms with Crippen LogP contribution in [0, 0.1) is 5.92 Å². The van der Waals surface area contributed by atoms with Gasteiger partial charge >= 0.3 is 0 Å². The van der Waals surface area contributed by atoms with E-state index in [1.54, 1.807) is 0 Å². The largest absolute Gasteiger partial charge is 0.396 e. The van der Waals surface area contributed by atoms with Crippen LogP contribution in [-0.4, -0.2) is 34.9 Å². The van der Waals surface area contributed by atoms with Crippen molar-refractivity contribution < 1.29 is 9.63 Å². The van der Waals surface area contributed by atoms with E-state index in [4.69, 9.17) is 9.63 Å². The molecule has 0 saturated carbocycles. The summed E-state index contributed by atoms with van der Waals surface area (Å²) in [6.45, 7) is 2.24. The van der Waals surface area contributed by atoms with Crippen LogP contribution in [0.1, 0.15) is 24.6 Å². The molecule has 0 aliphatic carbocycles. The molecule has 0 spiro atoms. The maximum Gasteiger partial charge on any atom is 0.228 e. The molecule has 5 heteroatoms. The van der Waals surface area contributed by atoms with Gasteiger partial charge < -0.3 is 14.9 Å². The summed E-state index contributed by atoms with van der Waals surface area (Å²) >= 11 is 0. The summed E-state index contributed by atoms with van der Waals surface area (Å²) in [5, 5.41) is 16.0. The third-order valence-corrected chi connectivity index (χ3v) is 2.77. The molecule has 1 aliphatic rings. The third kappa shape index (κ3) is 3.00. The summed E-state index contributed by atoms with van der Waals surface area (Å²) in [4.78, 5) is 4.24. The summed E-state index contributed by atoms with van der Waals surface area (Å²) in [5.74, 6) is 2.00. The van der Waals surface area contributed by atoms with Crippen LogP contribution in [0.25, 0.3) is 0 Å². The molecule has 1 aromatic heterocycles. The number of nitrogens with one attached hydrogen (secondary N) is 1. The molecule has 1 saturated heterocycles. The number of rotatable bonds is 4. The molecule has 0 amide bonds. The molecule has 15 heavy (non-hydrogen) atoms. The van der Waals surface area contributed by atoms with Gasteiger partial charge in [0, 0.05) is 6.42 Å². The number of aromatic nitrogens is 2. The van der Waals surface area contributed by atoms with Gasteiger partial charge in [-0.25, -0.2) is 0 Å². The lowest BCUT2D eigenvalue weighted by Gasteiger charge is -2.20. The predicted octanol–water partition coefficient (Wildman–Crippen LogP) is 0.146. The lowest BCUT2D eigenvalue weighted by Crippen LogP contribution is -2.28. The smallest absolute Gasteiger partial charge is 0.228 e. The van der Waals surface area contributed by atoms with E-state index in [9.17, 15) is 0 Å². The number of aliphatic hydroxyl groups excluding tert-OH is 1. The summed E-state index contributed by atoms with van der Waals surface area (Å²) in [7, 11) is 0. The minimum absolute atomic E-state index is 0.0645. The van der Waals surface area contributed by atoms with Crippen molar-refractivity contribution in [3.63, 3.8) is 0 Å². The summed E-state index contributed by atoms with van der Waals surface area (Å²) < 4.78 is 5.01. The fourth-order valence-corrected chi connectivity index (χ4v) is 1.91. The fourth-order valence-electron chi connectivity index (χ4n) is 1.91. The Morgan fingerprint density at radius 3 is 2.93 bits per heavy atom. The molecule has 5 nitrogen and oxygen atoms in total. The quantitative estimate of drug-likeness (QED) is 0.741. The van der Waals surface area contributed by atoms with Gasteiger partial charge in [-0.15, -0.1) is 0 Å². The molecule has 0 unspecified atom stereocenters. The Hall–Kier alpha value is -0.940. The van der Waals surface area contributed by atoms with E-state index in [1.807, 2.05) is 0 Å². The number of aliphatic hydroxyl groups is 1. The predicted molar refractivity (Wildman–Crippen MR) is 54.4 cm³/mol. The van der Waals surface area contributed by atoms with Gasteiger partial charge in [-0.2, -0.15) is 4.98 Å². The van der Waals surface area contributed by atoms with Crippen molar-refractivity contribution in [2.24, 2.45) is 5.92 Å². The number of hydrogen-bond acceptors (Lipinski definition) is 5. The van der Waals surface area contributed by atoms with Gasteiger partial charge in [0.1, 0.15) is 0 Å². The zero-order valence-electron chi connectivity index (χ0n) is 8.78. The molecule has 1 fully saturated rings. The molecule has 0 radical (unpaired) electrons. The van der Waals surface area contributed by atoms with Crippen LogP contribution in [-0.2, 0) is 12.8 Å². The van der Waals surface area contributed by atoms with Crippen LogP contribution in [0.3, 0.4) is 0 Å². The molecule has 2 heterocycles. The number of hydrogen-bond donors (Lipinski definition) is 2. The van der Waals surface area contributed by atoms with Crippen LogP contribution in [0.4, 0.5) is 0 Å². The van der Waals surface area contributed by atoms with Crippen LogP contribution in [0.5, 0.6) is 0 Å². The summed E-state index contributed by atoms with van der Waals surface area (Å²) in [5.41, 5.74) is 0. The van der Waals surface area contributed by atoms with Crippen LogP contribution in [0.2, 0.25) is 0 Å². The molecule has 1 aliphatic heterocycles. The average molecular weight is 211 g/mol. The minimum Gasteiger partial charge on any atom is -0.396 e. The maximum absolute atomic E-state index is 8.71. The molecular weight excluding hydrogens is 194 g/mol. The van der Waals surface area contributed by atoms with E-state index in [0.29, 0.717) is 18.2 Å². The van der Waals surface area contributed by atoms with Crippen LogP contribution in [0.15, 0.2) is 4.52 Å². The van der Waals surface area contributed by atoms with Crippen molar-refractivity contribution in [1.82, 2.24) is 15.5 Å². The Kier molecular flexibility index (Phi) is 3.69. The zero-order valence-corrected chi connectivity index (χ0v) is 8.78. The molecule has 0 aromatic carbocycles. The topological polar surface area (TPSA) is 71.2 Å². The van der Waals surface area contributed by atoms with Crippen LogP contribution >= 0.6 is 0 Å². The number of nitrogens with zero attached hydrogens (tertiary/aromatic N) is 2. The second kappa shape index (κ2) is 5.23. The van der Waals surface area contributed by atoms with E-state index < -0.39 is 0 Å². The highest BCUT2D eigenvalue weighted by atomic mass is 16.5. The van der Waals surface area contributed by atoms with Gasteiger partial charge in [0.15, 0.2) is 5.82 Å². The second-order valence-electron chi connectivity index (χ2n) is 3.98. The molecular formula is C10H17N3O2. The second-order valence-corrected chi connectivity index (χ2v) is 3.98. The fraction of sp³-hybridized carbons (Fsp3) is 0.800. The maximum atomic E-state index is 8.71. The first-order chi connectivity index (χ1) is 7.38. The Morgan fingerprint density at radius 1 is 1.40 bits per heavy atom. The van der Waals surface area contributed by atoms with Crippen molar-refractivity contribution in [1.29, 1.82) is 0 Å². The van der Waals surface area contributed by atoms with Gasteiger partial charge in [-0.05, 0) is 31.8 Å². The first-order valence-corrected chi connectivity index (χ1v) is 5.51. The number of piperidine rings is 1. The van der Waals surface area contributed by atoms with Gasteiger partial charge in [-0.1, -0.05) is 5.16 Å². The van der Waals surface area contributed by atoms with Gasteiger partial charge in [0.25, 0.3) is 0 Å². The SMILES string of the molecule is OCCc1nc(CC2CCNCC2)no1. The van der Waals surface area contributed by atoms with Crippen molar-refractivity contribution in [3.05, 3.63) is 11.7 Å². The van der Waals surface area contributed by atoms with Crippen molar-refractivity contribution >= 4 is 0 Å². The Morgan fingerprint density at radius 2 is 2.20 bits per heavy atom. The first-order valence-electron chi connectivity index (χ1n) is 5.51. The van der Waals surface area contributed by atoms with Crippen LogP contribution < -0.4 is 5.32 Å². The molecule has 0 bridgehead atoms. The van der Waals surface area contributed by atoms with Gasteiger partial charge in [0.2, 0.25) is 5.89 Å². The monoisotopic (exact) mass is 211 g/mol. The van der Waals surface area contributed by atoms with E-state index in [1.165, 1.54) is 12.8 Å². The van der Waals surface area contributed by atoms with Crippen molar-refractivity contribution in [3.8, 4) is 0 Å². The van der Waals surface area contributed by atoms with E-state index in [0.717, 1.165) is 25.3 Å². The molecule has 2 N–H and O–H groups in total. The van der Waals surface area contributed by atoms with Gasteiger partial charge in [-0.3, -0.25) is 0 Å². The third-order valence-electron chi connectivity index (χ3n) is 2.77. The lowest BCUT2D eigenvalue weighted by molar-refractivity contribution is 0.273. The molecule has 2 rings (SSSR count). The lowest BCUT2D eigenvalue weighted by atomic mass is 9.94. The Balaban J connectivity index is 1.86. The first kappa shape index (κ1) is 10.6. The molecule has 0 atom stereocenters. The van der Waals surface area contributed by atoms with E-state index >= 15 is 0 Å². The van der Waals surface area contributed by atoms with Crippen molar-refractivity contribution in [2.45, 2.75) is 25.7 Å². The van der Waals surface area contributed by atoms with E-state index in [2.05, 4.69) is 15.5 Å². The highest BCUT2D eigenvalue weighted by molar-refractivity contribution is 4.89. The highest BCUT2D eigenvalue weighted by Gasteiger charge is 2.16. The Bertz CT molecular complexity index is 295. The van der Waals surface area contributed by atoms with Gasteiger partial charge in [0.05, 0.1) is 13.0 Å². The average Bonchev–Trinajstić information content (AvgIpc) is 2.68. The normalized spacial score (nSPS) is 18.2. The highest BCUT2D eigenvalue weighted by Crippen LogP contribution is 2.16. The molecule has 84 valence electrons. The summed E-state index contributed by atoms with van der Waals surface area (Å²) in [6.07, 6.45) is 3.73. The molecule has 1 aromatic rings. The Labute approximate surface area is 88.9 Å². The van der Waals surface area contributed by atoms with Crippen molar-refractivity contribution in [2.75, 3.05) is 19.7 Å². The summed E-state index contributed by atoms with van der Waals surface area (Å²) in [6, 6.07) is 0. The minimum atomic E-state index is 0.0645.